The molecule has 0 aromatic rings. The van der Waals surface area contributed by atoms with E-state index >= 15 is 0 Å². The summed E-state index contributed by atoms with van der Waals surface area (Å²) in [5, 5.41) is 0. The normalized spacial score (nSPS) is 8.75. The molecule has 0 aliphatic heterocycles. The van der Waals surface area contributed by atoms with Crippen molar-refractivity contribution in [3.63, 3.8) is 0 Å². The van der Waals surface area contributed by atoms with E-state index in [0.717, 1.165) is 0 Å². The summed E-state index contributed by atoms with van der Waals surface area (Å²) >= 11 is -2.06. The Bertz CT molecular complexity index is 116. The van der Waals surface area contributed by atoms with Crippen LogP contribution < -0.4 is 62.9 Å². The molecule has 4 nitrogen and oxygen atoms in total. The molecule has 0 radical (unpaired) electrons. The molecule has 0 aromatic heterocycles. The summed E-state index contributed by atoms with van der Waals surface area (Å²) in [5.74, 6) is 0. The Morgan fingerprint density at radius 2 is 1.50 bits per heavy atom. The van der Waals surface area contributed by atoms with Crippen molar-refractivity contribution < 1.29 is 89.3 Å². The Labute approximate surface area is 100 Å². The average Bonchev–Trinajstić information content (AvgIpc) is 1.35. The fourth-order valence-electron chi connectivity index (χ4n) is 0. The van der Waals surface area contributed by atoms with Gasteiger partial charge in [0.2, 0.25) is 0 Å². The van der Waals surface area contributed by atoms with Gasteiger partial charge in [-0.3, -0.25) is 0 Å². The predicted molar refractivity (Wildman–Crippen MR) is 9.82 cm³/mol. The number of hydrogen-bond acceptors (Lipinski definition) is 5. The third kappa shape index (κ3) is 15.8. The molecule has 8 heavy (non-hydrogen) atoms. The van der Waals surface area contributed by atoms with Crippen molar-refractivity contribution in [2.24, 2.45) is 0 Å². The van der Waals surface area contributed by atoms with Gasteiger partial charge in [0.25, 0.3) is 0 Å². The zero-order valence-corrected chi connectivity index (χ0v) is 11.3. The van der Waals surface area contributed by atoms with Crippen molar-refractivity contribution >= 4 is 12.9 Å². The van der Waals surface area contributed by atoms with E-state index in [-0.39, 0.29) is 59.1 Å². The monoisotopic (exact) mass is 240 g/mol. The molecule has 0 aromatic carbocycles. The fraction of sp³-hybridized carbons (Fsp3) is 0. The summed E-state index contributed by atoms with van der Waals surface area (Å²) in [7, 11) is 0. The van der Waals surface area contributed by atoms with Crippen molar-refractivity contribution in [3.8, 4) is 0 Å². The van der Waals surface area contributed by atoms with E-state index in [4.69, 9.17) is 0 Å². The number of hydrogen-bond donors (Lipinski definition) is 0. The Morgan fingerprint density at radius 3 is 1.50 bits per heavy atom. The van der Waals surface area contributed by atoms with Gasteiger partial charge in [0.05, 0.1) is 0 Å². The summed E-state index contributed by atoms with van der Waals surface area (Å²) < 4.78 is 30.7. The molecule has 0 aliphatic carbocycles. The Morgan fingerprint density at radius 1 is 1.38 bits per heavy atom. The zero-order valence-electron chi connectivity index (χ0n) is 4.45. The first-order valence-electron chi connectivity index (χ1n) is 0.833. The molecule has 0 N–H and O–H groups in total. The van der Waals surface area contributed by atoms with Gasteiger partial charge < -0.3 is 0 Å². The summed E-state index contributed by atoms with van der Waals surface area (Å²) in [6, 6.07) is 0. The van der Waals surface area contributed by atoms with Crippen LogP contribution in [0.5, 0.6) is 0 Å². The second kappa shape index (κ2) is 7.66. The molecule has 0 amide bonds. The summed E-state index contributed by atoms with van der Waals surface area (Å²) in [6.07, 6.45) is 0. The molecule has 0 spiro atoms. The van der Waals surface area contributed by atoms with Crippen LogP contribution in [0, 0.1) is 0 Å². The number of rotatable bonds is 1. The summed E-state index contributed by atoms with van der Waals surface area (Å²) in [5.41, 5.74) is 0. The van der Waals surface area contributed by atoms with Crippen molar-refractivity contribution in [3.05, 3.63) is 0 Å². The topological polar surface area (TPSA) is 66.4 Å². The first-order valence-corrected chi connectivity index (χ1v) is 4.44. The van der Waals surface area contributed by atoms with E-state index in [9.17, 15) is 10.6 Å². The van der Waals surface area contributed by atoms with Crippen LogP contribution >= 0.6 is 0 Å². The Kier molecular flexibility index (Phi) is 16.2. The van der Waals surface area contributed by atoms with Gasteiger partial charge in [-0.2, -0.15) is 0 Å². The van der Waals surface area contributed by atoms with Gasteiger partial charge in [0, 0.05) is 0 Å². The van der Waals surface area contributed by atoms with Crippen LogP contribution in [0.4, 0.5) is 0 Å². The minimum absolute atomic E-state index is 0. The average molecular weight is 238 g/mol. The molecule has 0 saturated heterocycles. The molecule has 0 fully saturated rings. The van der Waals surface area contributed by atoms with Crippen molar-refractivity contribution in [1.29, 1.82) is 0 Å². The molecule has 0 heterocycles. The van der Waals surface area contributed by atoms with Crippen LogP contribution in [-0.4, -0.2) is 0 Å². The summed E-state index contributed by atoms with van der Waals surface area (Å²) in [4.78, 5) is 0. The van der Waals surface area contributed by atoms with Crippen LogP contribution in [0.2, 0.25) is 0 Å². The third-order valence-corrected chi connectivity index (χ3v) is 1.48. The van der Waals surface area contributed by atoms with Crippen LogP contribution in [-0.2, 0) is 39.3 Å². The van der Waals surface area contributed by atoms with Crippen molar-refractivity contribution in [2.75, 3.05) is 0 Å². The standard InChI is InChI=1S/Mo.2Na.OS.3O/c;;;1-2;;;/q3*+1;-2;;;-1. The molecule has 0 unspecified atom stereocenters. The van der Waals surface area contributed by atoms with Gasteiger partial charge in [-0.1, -0.05) is 0 Å². The Balaban J connectivity index is -0.000000125. The molecular formula is MoNa2O4S. The second-order valence-electron chi connectivity index (χ2n) is 0.476. The van der Waals surface area contributed by atoms with Gasteiger partial charge in [-0.25, -0.2) is 0 Å². The van der Waals surface area contributed by atoms with Gasteiger partial charge in [0.15, 0.2) is 0 Å². The fourth-order valence-corrected chi connectivity index (χ4v) is 0. The molecule has 0 saturated carbocycles. The van der Waals surface area contributed by atoms with E-state index < -0.39 is 16.7 Å². The molecule has 0 atom stereocenters. The molecular weight excluding hydrogens is 238 g/mol. The first kappa shape index (κ1) is 16.9. The van der Waals surface area contributed by atoms with E-state index in [1.807, 2.05) is 0 Å². The molecule has 0 bridgehead atoms. The maximum atomic E-state index is 9.22. The van der Waals surface area contributed by atoms with E-state index in [1.165, 1.54) is 0 Å². The zero-order chi connectivity index (χ0) is 5.21. The van der Waals surface area contributed by atoms with Crippen LogP contribution in [0.15, 0.2) is 0 Å². The van der Waals surface area contributed by atoms with Crippen LogP contribution in [0.3, 0.4) is 0 Å². The van der Waals surface area contributed by atoms with E-state index in [0.29, 0.717) is 0 Å². The summed E-state index contributed by atoms with van der Waals surface area (Å²) in [6.45, 7) is 0. The van der Waals surface area contributed by atoms with Gasteiger partial charge in [-0.05, 0) is 0 Å². The molecule has 0 aliphatic rings. The quantitative estimate of drug-likeness (QED) is 0.335. The third-order valence-electron chi connectivity index (χ3n) is 0.0833. The maximum absolute atomic E-state index is 9.22. The van der Waals surface area contributed by atoms with E-state index in [2.05, 4.69) is 15.7 Å². The first-order chi connectivity index (χ1) is 2.56. The van der Waals surface area contributed by atoms with Crippen molar-refractivity contribution in [2.45, 2.75) is 0 Å². The van der Waals surface area contributed by atoms with Gasteiger partial charge >= 0.3 is 102 Å². The molecule has 38 valence electrons. The SMILES string of the molecule is [Na+].[Na+].[O]=[Mo](=[O])([O-])[O][S-]. The van der Waals surface area contributed by atoms with Crippen LogP contribution in [0.25, 0.3) is 0 Å². The van der Waals surface area contributed by atoms with Gasteiger partial charge in [-0.15, -0.1) is 0 Å². The van der Waals surface area contributed by atoms with Crippen molar-refractivity contribution in [1.82, 2.24) is 0 Å². The molecule has 0 rings (SSSR count). The van der Waals surface area contributed by atoms with E-state index in [1.54, 1.807) is 0 Å². The second-order valence-corrected chi connectivity index (χ2v) is 3.62. The predicted octanol–water partition coefficient (Wildman–Crippen LogP) is -7.49. The minimum atomic E-state index is -5.50. The van der Waals surface area contributed by atoms with Gasteiger partial charge in [0.1, 0.15) is 0 Å². The Hall–Kier alpha value is 2.56. The van der Waals surface area contributed by atoms with Crippen LogP contribution in [0.1, 0.15) is 0 Å². The molecule has 8 heteroatoms.